The first-order valence-corrected chi connectivity index (χ1v) is 12.9. The fraction of sp³-hybridized carbons (Fsp3) is 0.593. The molecule has 7 atom stereocenters. The van der Waals surface area contributed by atoms with Crippen molar-refractivity contribution in [1.82, 2.24) is 9.80 Å². The summed E-state index contributed by atoms with van der Waals surface area (Å²) in [7, 11) is 3.63. The van der Waals surface area contributed by atoms with E-state index in [1.807, 2.05) is 13.1 Å². The average molecular weight is 512 g/mol. The molecule has 198 valence electrons. The quantitative estimate of drug-likeness (QED) is 0.474. The summed E-state index contributed by atoms with van der Waals surface area (Å²) in [4.78, 5) is 70.0. The van der Waals surface area contributed by atoms with Gasteiger partial charge < -0.3 is 15.9 Å². The van der Waals surface area contributed by atoms with Gasteiger partial charge in [0.1, 0.15) is 5.75 Å². The Bertz CT molecular complexity index is 1230. The highest BCUT2D eigenvalue weighted by Gasteiger charge is 2.69. The highest BCUT2D eigenvalue weighted by molar-refractivity contribution is 6.32. The van der Waals surface area contributed by atoms with E-state index in [1.54, 1.807) is 24.9 Å². The van der Waals surface area contributed by atoms with Crippen LogP contribution in [0.25, 0.3) is 0 Å². The summed E-state index contributed by atoms with van der Waals surface area (Å²) in [6, 6.07) is 2.51. The van der Waals surface area contributed by atoms with Crippen LogP contribution in [0.1, 0.15) is 53.7 Å². The summed E-state index contributed by atoms with van der Waals surface area (Å²) in [5.74, 6) is -10.1. The van der Waals surface area contributed by atoms with Gasteiger partial charge in [-0.15, -0.1) is 0 Å². The number of aliphatic hydroxyl groups is 1. The van der Waals surface area contributed by atoms with Crippen molar-refractivity contribution >= 4 is 29.0 Å². The van der Waals surface area contributed by atoms with Crippen molar-refractivity contribution in [2.24, 2.45) is 29.4 Å². The van der Waals surface area contributed by atoms with Crippen LogP contribution in [0.2, 0.25) is 0 Å². The van der Waals surface area contributed by atoms with Crippen molar-refractivity contribution in [1.29, 1.82) is 0 Å². The van der Waals surface area contributed by atoms with Crippen LogP contribution in [-0.2, 0) is 25.6 Å². The van der Waals surface area contributed by atoms with Crippen molar-refractivity contribution in [2.75, 3.05) is 27.2 Å². The minimum Gasteiger partial charge on any atom is -0.507 e. The SMILES string of the molecule is CCN(C)C1C(=O)C(C(N)=O)C(=O)C2(O)C(=O)C3C(=O)c4c(O)cc(C5CCCN5C)cc4CC3CC12. The van der Waals surface area contributed by atoms with Gasteiger partial charge in [0, 0.05) is 12.0 Å². The van der Waals surface area contributed by atoms with E-state index in [9.17, 15) is 34.2 Å². The monoisotopic (exact) mass is 511 g/mol. The number of hydrogen-bond acceptors (Lipinski definition) is 9. The molecule has 10 nitrogen and oxygen atoms in total. The third-order valence-electron chi connectivity index (χ3n) is 9.21. The predicted molar refractivity (Wildman–Crippen MR) is 131 cm³/mol. The molecule has 7 unspecified atom stereocenters. The summed E-state index contributed by atoms with van der Waals surface area (Å²) < 4.78 is 0. The first kappa shape index (κ1) is 25.7. The second kappa shape index (κ2) is 8.82. The summed E-state index contributed by atoms with van der Waals surface area (Å²) in [5.41, 5.74) is 4.24. The molecule has 1 aliphatic heterocycles. The smallest absolute Gasteiger partial charge is 0.235 e. The van der Waals surface area contributed by atoms with Crippen LogP contribution < -0.4 is 5.73 Å². The van der Waals surface area contributed by atoms with E-state index in [1.165, 1.54) is 0 Å². The average Bonchev–Trinajstić information content (AvgIpc) is 3.26. The van der Waals surface area contributed by atoms with Crippen LogP contribution in [-0.4, -0.2) is 87.9 Å². The molecular formula is C27H33N3O7. The molecule has 37 heavy (non-hydrogen) atoms. The first-order valence-electron chi connectivity index (χ1n) is 12.9. The highest BCUT2D eigenvalue weighted by Crippen LogP contribution is 2.51. The molecule has 1 aromatic carbocycles. The molecule has 4 N–H and O–H groups in total. The van der Waals surface area contributed by atoms with E-state index in [2.05, 4.69) is 4.90 Å². The number of rotatable bonds is 4. The molecule has 4 aliphatic rings. The Morgan fingerprint density at radius 1 is 1.22 bits per heavy atom. The lowest BCUT2D eigenvalue weighted by atomic mass is 9.52. The lowest BCUT2D eigenvalue weighted by Crippen LogP contribution is -2.74. The number of amides is 1. The predicted octanol–water partition coefficient (Wildman–Crippen LogP) is 0.0238. The third-order valence-corrected chi connectivity index (χ3v) is 9.21. The van der Waals surface area contributed by atoms with Gasteiger partial charge in [0.15, 0.2) is 34.7 Å². The fourth-order valence-corrected chi connectivity index (χ4v) is 7.29. The summed E-state index contributed by atoms with van der Waals surface area (Å²) in [5, 5.41) is 22.5. The van der Waals surface area contributed by atoms with Crippen LogP contribution in [0.4, 0.5) is 0 Å². The Hall–Kier alpha value is -2.95. The van der Waals surface area contributed by atoms with E-state index in [4.69, 9.17) is 5.73 Å². The lowest BCUT2D eigenvalue weighted by Gasteiger charge is -2.52. The Labute approximate surface area is 214 Å². The minimum absolute atomic E-state index is 0.0362. The number of phenols is 1. The number of carbonyl (C=O) groups excluding carboxylic acids is 5. The Morgan fingerprint density at radius 3 is 2.51 bits per heavy atom. The molecule has 0 bridgehead atoms. The Morgan fingerprint density at radius 2 is 1.92 bits per heavy atom. The molecule has 5 rings (SSSR count). The number of benzene rings is 1. The number of nitrogens with zero attached hydrogens (tertiary/aromatic N) is 2. The third kappa shape index (κ3) is 3.53. The van der Waals surface area contributed by atoms with Crippen molar-refractivity contribution in [2.45, 2.75) is 50.3 Å². The zero-order valence-electron chi connectivity index (χ0n) is 21.3. The number of hydrogen-bond donors (Lipinski definition) is 3. The molecule has 1 heterocycles. The van der Waals surface area contributed by atoms with Gasteiger partial charge in [-0.2, -0.15) is 0 Å². The largest absolute Gasteiger partial charge is 0.507 e. The molecule has 0 radical (unpaired) electrons. The molecule has 0 spiro atoms. The summed E-state index contributed by atoms with van der Waals surface area (Å²) in [6.45, 7) is 3.07. The minimum atomic E-state index is -2.70. The van der Waals surface area contributed by atoms with Crippen LogP contribution >= 0.6 is 0 Å². The van der Waals surface area contributed by atoms with Gasteiger partial charge in [0.05, 0.1) is 17.5 Å². The number of aromatic hydroxyl groups is 1. The molecule has 1 amide bonds. The molecule has 1 aromatic rings. The highest BCUT2D eigenvalue weighted by atomic mass is 16.3. The van der Waals surface area contributed by atoms with Crippen molar-refractivity contribution < 1.29 is 34.2 Å². The van der Waals surface area contributed by atoms with Gasteiger partial charge in [-0.3, -0.25) is 33.8 Å². The number of ketones is 4. The number of Topliss-reactive ketones (excluding diaryl/α,β-unsaturated/α-hetero) is 4. The maximum Gasteiger partial charge on any atom is 0.235 e. The van der Waals surface area contributed by atoms with Crippen molar-refractivity contribution in [3.8, 4) is 5.75 Å². The maximum atomic E-state index is 13.8. The maximum absolute atomic E-state index is 13.8. The fourth-order valence-electron chi connectivity index (χ4n) is 7.29. The molecule has 10 heteroatoms. The topological polar surface area (TPSA) is 158 Å². The number of nitrogens with two attached hydrogens (primary N) is 1. The number of likely N-dealkylation sites (tertiary alicyclic amines) is 1. The van der Waals surface area contributed by atoms with E-state index >= 15 is 0 Å². The zero-order chi connectivity index (χ0) is 27.0. The van der Waals surface area contributed by atoms with Crippen LogP contribution in [0, 0.1) is 23.7 Å². The summed E-state index contributed by atoms with van der Waals surface area (Å²) in [6.07, 6.45) is 2.30. The van der Waals surface area contributed by atoms with E-state index < -0.39 is 64.4 Å². The van der Waals surface area contributed by atoms with E-state index in [-0.39, 0.29) is 30.2 Å². The zero-order valence-corrected chi connectivity index (χ0v) is 21.3. The van der Waals surface area contributed by atoms with Crippen LogP contribution in [0.5, 0.6) is 5.75 Å². The van der Waals surface area contributed by atoms with Gasteiger partial charge in [-0.25, -0.2) is 0 Å². The Balaban J connectivity index is 1.60. The summed E-state index contributed by atoms with van der Waals surface area (Å²) >= 11 is 0. The van der Waals surface area contributed by atoms with Gasteiger partial charge >= 0.3 is 0 Å². The van der Waals surface area contributed by atoms with Gasteiger partial charge in [-0.05, 0) is 76.0 Å². The van der Waals surface area contributed by atoms with E-state index in [0.29, 0.717) is 12.1 Å². The van der Waals surface area contributed by atoms with Crippen LogP contribution in [0.3, 0.4) is 0 Å². The van der Waals surface area contributed by atoms with Crippen molar-refractivity contribution in [3.05, 3.63) is 28.8 Å². The van der Waals surface area contributed by atoms with Crippen LogP contribution in [0.15, 0.2) is 12.1 Å². The Kier molecular flexibility index (Phi) is 6.12. The second-order valence-corrected chi connectivity index (χ2v) is 11.1. The number of primary amides is 1. The molecule has 2 saturated carbocycles. The van der Waals surface area contributed by atoms with E-state index in [0.717, 1.165) is 24.9 Å². The van der Waals surface area contributed by atoms with Gasteiger partial charge in [-0.1, -0.05) is 13.0 Å². The standard InChI is InChI=1S/C27H33N3O7/c1-4-29(2)21-15-10-14-9-13-8-12(16-6-5-7-30(16)3)11-17(31)18(13)22(32)19(14)24(34)27(15,37)25(35)20(23(21)33)26(28)36/h8,11,14-16,19-21,31,37H,4-7,9-10H2,1-3H3,(H2,28,36). The molecule has 3 fully saturated rings. The molecule has 1 saturated heterocycles. The molecule has 0 aromatic heterocycles. The van der Waals surface area contributed by atoms with Gasteiger partial charge in [0.25, 0.3) is 0 Å². The molecule has 3 aliphatic carbocycles. The number of fused-ring (bicyclic) bond motifs is 3. The normalized spacial score (nSPS) is 35.9. The number of likely N-dealkylation sites (N-methyl/N-ethyl adjacent to an activating group) is 1. The number of phenolic OH excluding ortho intramolecular Hbond substituents is 1. The lowest BCUT2D eigenvalue weighted by molar-refractivity contribution is -0.181. The molecular weight excluding hydrogens is 478 g/mol. The first-order chi connectivity index (χ1) is 17.4. The van der Waals surface area contributed by atoms with Crippen molar-refractivity contribution in [3.63, 3.8) is 0 Å². The number of carbonyl (C=O) groups is 5. The second-order valence-electron chi connectivity index (χ2n) is 11.1. The van der Waals surface area contributed by atoms with Gasteiger partial charge in [0.2, 0.25) is 5.91 Å².